The molecule has 0 spiro atoms. The maximum absolute atomic E-state index is 12.9. The summed E-state index contributed by atoms with van der Waals surface area (Å²) < 4.78 is 0. The lowest BCUT2D eigenvalue weighted by Crippen LogP contribution is -2.22. The summed E-state index contributed by atoms with van der Waals surface area (Å²) in [6, 6.07) is 21.1. The number of hydrogen-bond donors (Lipinski definition) is 3. The lowest BCUT2D eigenvalue weighted by atomic mass is 10.1. The summed E-state index contributed by atoms with van der Waals surface area (Å²) in [7, 11) is 0. The number of amides is 3. The number of hydrogen-bond acceptors (Lipinski definition) is 7. The number of benzene rings is 3. The van der Waals surface area contributed by atoms with Gasteiger partial charge in [-0.2, -0.15) is 0 Å². The Bertz CT molecular complexity index is 1520. The molecule has 7 nitrogen and oxygen atoms in total. The molecule has 3 amide bonds. The molecule has 1 aliphatic heterocycles. The van der Waals surface area contributed by atoms with Crippen LogP contribution in [0.4, 0.5) is 5.69 Å². The quantitative estimate of drug-likeness (QED) is 0.166. The molecule has 0 atom stereocenters. The van der Waals surface area contributed by atoms with Crippen LogP contribution in [0.2, 0.25) is 0 Å². The normalized spacial score (nSPS) is 12.1. The zero-order valence-corrected chi connectivity index (χ0v) is 23.6. The molecule has 1 aromatic heterocycles. The monoisotopic (exact) mass is 574 g/mol. The van der Waals surface area contributed by atoms with Crippen molar-refractivity contribution in [1.29, 1.82) is 0 Å². The number of carbonyl (C=O) groups excluding carboxylic acids is 3. The number of nitrogens with zero attached hydrogens (tertiary/aromatic N) is 1. The highest BCUT2D eigenvalue weighted by atomic mass is 32.2. The molecule has 5 rings (SSSR count). The first-order valence-corrected chi connectivity index (χ1v) is 15.0. The zero-order valence-electron chi connectivity index (χ0n) is 21.2. The van der Waals surface area contributed by atoms with Gasteiger partial charge >= 0.3 is 0 Å². The van der Waals surface area contributed by atoms with Crippen molar-refractivity contribution in [3.8, 4) is 10.6 Å². The Hall–Kier alpha value is -3.60. The van der Waals surface area contributed by atoms with Gasteiger partial charge in [0.05, 0.1) is 17.8 Å². The SMILES string of the molecule is CC(=O)NCCCSc1ccc(-c2ncc(CNC(=O)c3ccc4c(c3)NC(=O)c3ccccc3S4)s2)cc1. The number of aromatic nitrogens is 1. The van der Waals surface area contributed by atoms with Gasteiger partial charge in [-0.15, -0.1) is 23.1 Å². The molecule has 39 heavy (non-hydrogen) atoms. The van der Waals surface area contributed by atoms with Gasteiger partial charge in [0.25, 0.3) is 11.8 Å². The molecule has 198 valence electrons. The first kappa shape index (κ1) is 27.0. The largest absolute Gasteiger partial charge is 0.356 e. The van der Waals surface area contributed by atoms with E-state index < -0.39 is 0 Å². The van der Waals surface area contributed by atoms with Gasteiger partial charge in [-0.25, -0.2) is 4.98 Å². The number of rotatable bonds is 9. The minimum absolute atomic E-state index is 0.00142. The third-order valence-electron chi connectivity index (χ3n) is 5.88. The van der Waals surface area contributed by atoms with Crippen LogP contribution in [0.1, 0.15) is 38.9 Å². The van der Waals surface area contributed by atoms with Gasteiger partial charge in [-0.05, 0) is 54.6 Å². The molecule has 0 saturated carbocycles. The van der Waals surface area contributed by atoms with Crippen LogP contribution >= 0.6 is 34.9 Å². The molecule has 3 aromatic carbocycles. The van der Waals surface area contributed by atoms with Crippen molar-refractivity contribution in [2.24, 2.45) is 0 Å². The van der Waals surface area contributed by atoms with E-state index in [1.54, 1.807) is 47.5 Å². The third kappa shape index (κ3) is 6.89. The molecule has 3 N–H and O–H groups in total. The van der Waals surface area contributed by atoms with E-state index in [-0.39, 0.29) is 17.7 Å². The Morgan fingerprint density at radius 1 is 1.00 bits per heavy atom. The molecule has 0 radical (unpaired) electrons. The number of thioether (sulfide) groups is 1. The minimum Gasteiger partial charge on any atom is -0.356 e. The summed E-state index contributed by atoms with van der Waals surface area (Å²) in [5, 5.41) is 9.60. The first-order chi connectivity index (χ1) is 19.0. The van der Waals surface area contributed by atoms with Crippen LogP contribution in [0.25, 0.3) is 10.6 Å². The Labute approximate surface area is 239 Å². The fourth-order valence-corrected chi connectivity index (χ4v) is 6.64. The van der Waals surface area contributed by atoms with Crippen LogP contribution in [0.3, 0.4) is 0 Å². The average Bonchev–Trinajstić information content (AvgIpc) is 3.36. The van der Waals surface area contributed by atoms with Gasteiger partial charge in [0.15, 0.2) is 0 Å². The molecular weight excluding hydrogens is 549 g/mol. The second kappa shape index (κ2) is 12.5. The summed E-state index contributed by atoms with van der Waals surface area (Å²) in [6.07, 6.45) is 2.71. The zero-order chi connectivity index (χ0) is 27.2. The van der Waals surface area contributed by atoms with Gasteiger partial charge in [0.2, 0.25) is 5.91 Å². The van der Waals surface area contributed by atoms with Crippen LogP contribution in [-0.4, -0.2) is 35.0 Å². The molecular formula is C29H26N4O3S3. The molecule has 2 heterocycles. The number of carbonyl (C=O) groups is 3. The average molecular weight is 575 g/mol. The Morgan fingerprint density at radius 2 is 1.82 bits per heavy atom. The highest BCUT2D eigenvalue weighted by molar-refractivity contribution is 7.99. The summed E-state index contributed by atoms with van der Waals surface area (Å²) >= 11 is 4.81. The molecule has 4 aromatic rings. The highest BCUT2D eigenvalue weighted by Gasteiger charge is 2.20. The van der Waals surface area contributed by atoms with Crippen molar-refractivity contribution < 1.29 is 14.4 Å². The van der Waals surface area contributed by atoms with Crippen molar-refractivity contribution in [2.75, 3.05) is 17.6 Å². The molecule has 1 aliphatic rings. The van der Waals surface area contributed by atoms with E-state index in [0.29, 0.717) is 29.9 Å². The first-order valence-electron chi connectivity index (χ1n) is 12.4. The number of fused-ring (bicyclic) bond motifs is 2. The van der Waals surface area contributed by atoms with E-state index in [4.69, 9.17) is 0 Å². The van der Waals surface area contributed by atoms with Gasteiger partial charge in [0, 0.05) is 50.4 Å². The van der Waals surface area contributed by atoms with Crippen LogP contribution in [0.15, 0.2) is 87.6 Å². The summed E-state index contributed by atoms with van der Waals surface area (Å²) in [5.74, 6) is 0.541. The Balaban J connectivity index is 1.15. The van der Waals surface area contributed by atoms with Crippen LogP contribution < -0.4 is 16.0 Å². The summed E-state index contributed by atoms with van der Waals surface area (Å²) in [6.45, 7) is 2.58. The molecule has 0 unspecified atom stereocenters. The standard InChI is InChI=1S/C29H26N4O3S3/c1-18(34)30-13-4-14-37-21-10-7-19(8-11-21)29-32-17-22(38-29)16-31-27(35)20-9-12-26-24(15-20)33-28(36)23-5-2-3-6-25(23)39-26/h2-3,5-12,15,17H,4,13-14,16H2,1H3,(H,30,34)(H,31,35)(H,33,36). The van der Waals surface area contributed by atoms with Gasteiger partial charge in [-0.1, -0.05) is 36.0 Å². The molecule has 10 heteroatoms. The highest BCUT2D eigenvalue weighted by Crippen LogP contribution is 2.39. The second-order valence-corrected chi connectivity index (χ2v) is 12.2. The molecule has 0 aliphatic carbocycles. The maximum Gasteiger partial charge on any atom is 0.256 e. The van der Waals surface area contributed by atoms with Crippen LogP contribution in [0, 0.1) is 0 Å². The van der Waals surface area contributed by atoms with Crippen molar-refractivity contribution in [3.05, 3.63) is 88.9 Å². The van der Waals surface area contributed by atoms with E-state index in [1.807, 2.05) is 24.3 Å². The smallest absolute Gasteiger partial charge is 0.256 e. The second-order valence-electron chi connectivity index (χ2n) is 8.79. The van der Waals surface area contributed by atoms with E-state index in [0.717, 1.165) is 37.4 Å². The summed E-state index contributed by atoms with van der Waals surface area (Å²) in [4.78, 5) is 44.9. The molecule has 0 saturated heterocycles. The Kier molecular flexibility index (Phi) is 8.65. The van der Waals surface area contributed by atoms with Gasteiger partial charge in [0.1, 0.15) is 5.01 Å². The molecule has 0 bridgehead atoms. The van der Waals surface area contributed by atoms with E-state index >= 15 is 0 Å². The lowest BCUT2D eigenvalue weighted by molar-refractivity contribution is -0.118. The lowest BCUT2D eigenvalue weighted by Gasteiger charge is -2.09. The Morgan fingerprint density at radius 3 is 2.64 bits per heavy atom. The fourth-order valence-electron chi connectivity index (χ4n) is 3.92. The van der Waals surface area contributed by atoms with E-state index in [9.17, 15) is 14.4 Å². The van der Waals surface area contributed by atoms with Crippen molar-refractivity contribution >= 4 is 58.3 Å². The minimum atomic E-state index is -0.214. The number of thiazole rings is 1. The van der Waals surface area contributed by atoms with Crippen molar-refractivity contribution in [2.45, 2.75) is 34.6 Å². The van der Waals surface area contributed by atoms with Crippen LogP contribution in [0.5, 0.6) is 0 Å². The predicted octanol–water partition coefficient (Wildman–Crippen LogP) is 6.08. The van der Waals surface area contributed by atoms with Gasteiger partial charge < -0.3 is 16.0 Å². The van der Waals surface area contributed by atoms with Crippen molar-refractivity contribution in [1.82, 2.24) is 15.6 Å². The number of nitrogens with one attached hydrogen (secondary N) is 3. The number of anilines is 1. The van der Waals surface area contributed by atoms with E-state index in [1.165, 1.54) is 23.6 Å². The van der Waals surface area contributed by atoms with E-state index in [2.05, 4.69) is 45.2 Å². The van der Waals surface area contributed by atoms with Gasteiger partial charge in [-0.3, -0.25) is 14.4 Å². The summed E-state index contributed by atoms with van der Waals surface area (Å²) in [5.41, 5.74) is 2.76. The van der Waals surface area contributed by atoms with Crippen LogP contribution in [-0.2, 0) is 11.3 Å². The predicted molar refractivity (Wildman–Crippen MR) is 158 cm³/mol. The topological polar surface area (TPSA) is 100 Å². The fraction of sp³-hybridized carbons (Fsp3) is 0.172. The third-order valence-corrected chi connectivity index (χ3v) is 9.18. The maximum atomic E-state index is 12.9. The van der Waals surface area contributed by atoms with Crippen molar-refractivity contribution in [3.63, 3.8) is 0 Å². The molecule has 0 fully saturated rings.